The zero-order valence-corrected chi connectivity index (χ0v) is 53.4. The van der Waals surface area contributed by atoms with Crippen molar-refractivity contribution in [3.8, 4) is 11.5 Å². The fourth-order valence-electron chi connectivity index (χ4n) is 11.8. The van der Waals surface area contributed by atoms with Crippen molar-refractivity contribution in [1.82, 2.24) is 29.8 Å². The van der Waals surface area contributed by atoms with Crippen LogP contribution in [0.15, 0.2) is 115 Å². The van der Waals surface area contributed by atoms with Crippen LogP contribution in [0.3, 0.4) is 0 Å². The first-order valence-corrected chi connectivity index (χ1v) is 31.1. The molecule has 7 amide bonds. The van der Waals surface area contributed by atoms with E-state index in [1.165, 1.54) is 71.8 Å². The highest BCUT2D eigenvalue weighted by Crippen LogP contribution is 2.34. The lowest BCUT2D eigenvalue weighted by molar-refractivity contribution is -0.188. The number of rotatable bonds is 10. The minimum Gasteiger partial charge on any atom is -0.493 e. The van der Waals surface area contributed by atoms with Gasteiger partial charge in [0.2, 0.25) is 41.2 Å². The number of likely N-dealkylation sites (N-methyl/N-ethyl adjacent to an activating group) is 3. The van der Waals surface area contributed by atoms with E-state index in [4.69, 9.17) is 18.9 Å². The van der Waals surface area contributed by atoms with Gasteiger partial charge in [-0.1, -0.05) is 98.8 Å². The lowest BCUT2D eigenvalue weighted by atomic mass is 9.87. The maximum absolute atomic E-state index is 15.2. The molecule has 7 rings (SSSR count). The van der Waals surface area contributed by atoms with Crippen molar-refractivity contribution in [2.24, 2.45) is 11.3 Å². The summed E-state index contributed by atoms with van der Waals surface area (Å²) in [6.07, 6.45) is 3.25. The number of ketones is 1. The second-order valence-electron chi connectivity index (χ2n) is 24.6. The molecule has 3 N–H and O–H groups in total. The number of aliphatic hydroxyl groups excluding tert-OH is 1. The molecule has 0 aromatic heterocycles. The summed E-state index contributed by atoms with van der Waals surface area (Å²) < 4.78 is 23.1. The Morgan fingerprint density at radius 1 is 0.667 bits per heavy atom. The Morgan fingerprint density at radius 2 is 1.33 bits per heavy atom. The van der Waals surface area contributed by atoms with Gasteiger partial charge in [-0.25, -0.2) is 4.79 Å². The van der Waals surface area contributed by atoms with E-state index in [-0.39, 0.29) is 63.6 Å². The predicted molar refractivity (Wildman–Crippen MR) is 337 cm³/mol. The minimum atomic E-state index is -1.59. The number of hydrogen-bond acceptors (Lipinski definition) is 14. The molecule has 4 aromatic rings. The maximum atomic E-state index is 15.2. The van der Waals surface area contributed by atoms with Crippen LogP contribution in [0.4, 0.5) is 5.69 Å². The Labute approximate surface area is 528 Å². The van der Waals surface area contributed by atoms with Crippen LogP contribution < -0.4 is 20.1 Å². The van der Waals surface area contributed by atoms with Gasteiger partial charge in [0.25, 0.3) is 5.91 Å². The number of amides is 7. The van der Waals surface area contributed by atoms with Crippen LogP contribution in [0.1, 0.15) is 126 Å². The van der Waals surface area contributed by atoms with Gasteiger partial charge in [0.1, 0.15) is 30.8 Å². The van der Waals surface area contributed by atoms with Gasteiger partial charge < -0.3 is 59.2 Å². The Kier molecular flexibility index (Phi) is 24.8. The lowest BCUT2D eigenvalue weighted by Crippen LogP contribution is -2.58. The van der Waals surface area contributed by atoms with Crippen LogP contribution >= 0.6 is 0 Å². The normalized spacial score (nSPS) is 23.9. The summed E-state index contributed by atoms with van der Waals surface area (Å²) in [4.78, 5) is 136. The average Bonchev–Trinajstić information content (AvgIpc) is 1.52. The Morgan fingerprint density at radius 3 is 2.03 bits per heavy atom. The van der Waals surface area contributed by atoms with Gasteiger partial charge in [-0.3, -0.25) is 38.4 Å². The molecule has 2 bridgehead atoms. The predicted octanol–water partition coefficient (Wildman–Crippen LogP) is 7.16. The summed E-state index contributed by atoms with van der Waals surface area (Å²) in [5, 5.41) is 17.8. The highest BCUT2D eigenvalue weighted by Gasteiger charge is 2.45. The molecule has 3 aliphatic rings. The van der Waals surface area contributed by atoms with Gasteiger partial charge in [0.15, 0.2) is 17.8 Å². The zero-order valence-electron chi connectivity index (χ0n) is 53.4. The molecule has 7 atom stereocenters. The Hall–Kier alpha value is -8.43. The molecule has 21 nitrogen and oxygen atoms in total. The van der Waals surface area contributed by atoms with Crippen LogP contribution in [0, 0.1) is 11.3 Å². The topological polar surface area (TPSA) is 251 Å². The van der Waals surface area contributed by atoms with Crippen molar-refractivity contribution in [2.45, 2.75) is 147 Å². The lowest BCUT2D eigenvalue weighted by Gasteiger charge is -2.40. The highest BCUT2D eigenvalue weighted by molar-refractivity contribution is 6.38. The van der Waals surface area contributed by atoms with Crippen LogP contribution in [0.25, 0.3) is 0 Å². The first-order valence-electron chi connectivity index (χ1n) is 31.1. The number of carbonyl (C=O) groups excluding carboxylic acids is 9. The summed E-state index contributed by atoms with van der Waals surface area (Å²) in [7, 11) is 7.74. The molecular weight excluding hydrogens is 1150 g/mol. The monoisotopic (exact) mass is 1240 g/mol. The molecule has 2 saturated heterocycles. The van der Waals surface area contributed by atoms with Crippen molar-refractivity contribution in [3.05, 3.63) is 138 Å². The van der Waals surface area contributed by atoms with E-state index in [0.717, 1.165) is 11.1 Å². The van der Waals surface area contributed by atoms with Crippen molar-refractivity contribution in [2.75, 3.05) is 66.9 Å². The molecule has 4 aromatic carbocycles. The number of piperidine rings is 1. The number of esters is 1. The van der Waals surface area contributed by atoms with E-state index in [9.17, 15) is 38.7 Å². The first kappa shape index (κ1) is 69.1. The number of nitrogens with zero attached hydrogens (tertiary/aromatic N) is 5. The third-order valence-electron chi connectivity index (χ3n) is 17.0. The molecule has 21 heteroatoms. The fourth-order valence-corrected chi connectivity index (χ4v) is 11.8. The molecule has 3 heterocycles. The van der Waals surface area contributed by atoms with E-state index in [1.807, 2.05) is 56.3 Å². The molecule has 0 aliphatic carbocycles. The van der Waals surface area contributed by atoms with E-state index < -0.39 is 102 Å². The van der Waals surface area contributed by atoms with Gasteiger partial charge in [-0.2, -0.15) is 0 Å². The molecule has 3 aliphatic heterocycles. The summed E-state index contributed by atoms with van der Waals surface area (Å²) in [5.41, 5.74) is 1.46. The van der Waals surface area contributed by atoms with Crippen LogP contribution in [0.2, 0.25) is 0 Å². The number of hydrogen-bond donors (Lipinski definition) is 3. The molecule has 2 fully saturated rings. The number of aliphatic hydroxyl groups is 1. The maximum Gasteiger partial charge on any atom is 0.330 e. The summed E-state index contributed by atoms with van der Waals surface area (Å²) in [6.45, 7) is 6.97. The third kappa shape index (κ3) is 18.1. The minimum absolute atomic E-state index is 0.0227. The molecule has 90 heavy (non-hydrogen) atoms. The molecule has 0 saturated carbocycles. The van der Waals surface area contributed by atoms with E-state index >= 15 is 9.59 Å². The van der Waals surface area contributed by atoms with Crippen molar-refractivity contribution < 1.29 is 67.2 Å². The summed E-state index contributed by atoms with van der Waals surface area (Å²) >= 11 is 0. The number of methoxy groups -OCH3 is 2. The average molecular weight is 1240 g/mol. The van der Waals surface area contributed by atoms with Gasteiger partial charge in [0.05, 0.1) is 31.8 Å². The fraction of sp³-hybridized carbons (Fsp3) is 0.493. The summed E-state index contributed by atoms with van der Waals surface area (Å²) in [6, 6.07) is 24.8. The van der Waals surface area contributed by atoms with Gasteiger partial charge >= 0.3 is 5.97 Å². The largest absolute Gasteiger partial charge is 0.493 e. The summed E-state index contributed by atoms with van der Waals surface area (Å²) in [5.74, 6) is -4.47. The number of carbonyl (C=O) groups is 9. The second kappa shape index (κ2) is 32.4. The molecule has 0 radical (unpaired) electrons. The zero-order chi connectivity index (χ0) is 65.2. The van der Waals surface area contributed by atoms with Crippen LogP contribution in [-0.2, 0) is 65.5 Å². The molecular formula is C69H89N7O14. The van der Waals surface area contributed by atoms with E-state index in [2.05, 4.69) is 10.6 Å². The number of fused-ring (bicyclic) bond motifs is 4. The number of nitrogens with one attached hydrogen (secondary N) is 2. The van der Waals surface area contributed by atoms with Crippen molar-refractivity contribution >= 4 is 58.8 Å². The molecule has 484 valence electrons. The number of Topliss-reactive ketones (excluding diaryl/α,β-unsaturated/α-hetero) is 1. The van der Waals surface area contributed by atoms with Crippen molar-refractivity contribution in [3.63, 3.8) is 0 Å². The standard InChI is InChI=1S/C69H89N7O14/c1-45(2)40-53-63(81)72(5)37-18-17-30-60(79)89-44-69(3,4)62(80)67(85)76-38-19-16-28-52(76)68(86)90-55(33-31-47-32-34-56(87-8)57(42-47)88-9)49-26-20-27-50(43-49)70-58(77)35-36-59(78)71-61(48-24-14-11-15-25-48)66(84)74(7)54(41-46-22-12-10-13-23-46)65(83)75-39-21-29-51(75)64(82)73(53)6/h10-15,17,20,22-27,30,32,34,42-43,45,51-55,61,68,86H,16,18-19,21,28-29,31,33,35-41,44H2,1-9H3,(H,70,77)(H,71,78)/t51?,52?,53-,54-,55+,61-,68?/m0/s1. The van der Waals surface area contributed by atoms with Gasteiger partial charge in [-0.05, 0) is 124 Å². The molecule has 3 unspecified atom stereocenters. The SMILES string of the molecule is COc1ccc(CC[C@H]2OC(O)C3CCCCN3C(=O)C(=O)C(C)(C)COC(=O)C=CCCN(C)C(=O)[C@H](CC(C)C)N(C)C(=O)C3CCCN3C(=O)[C@H](Cc3ccccc3)N(C)C(=O)[C@H](c3ccccc3)NC(=O)CCC(=O)Nc3cccc2c3)cc1OC. The quantitative estimate of drug-likeness (QED) is 0.105. The Bertz CT molecular complexity index is 3190. The van der Waals surface area contributed by atoms with E-state index in [0.29, 0.717) is 73.3 Å². The third-order valence-corrected chi connectivity index (χ3v) is 17.0. The van der Waals surface area contributed by atoms with Crippen molar-refractivity contribution in [1.29, 1.82) is 0 Å². The number of benzene rings is 4. The Balaban J connectivity index is 1.20. The van der Waals surface area contributed by atoms with Crippen LogP contribution in [-0.4, -0.2) is 175 Å². The first-order chi connectivity index (χ1) is 43.0. The number of cyclic esters (lactones) is 1. The van der Waals surface area contributed by atoms with Gasteiger partial charge in [-0.15, -0.1) is 0 Å². The second-order valence-corrected chi connectivity index (χ2v) is 24.6. The highest BCUT2D eigenvalue weighted by atomic mass is 16.6. The number of ether oxygens (including phenoxy) is 4. The smallest absolute Gasteiger partial charge is 0.330 e. The number of aryl methyl sites for hydroxylation is 1. The molecule has 0 spiro atoms. The van der Waals surface area contributed by atoms with Gasteiger partial charge in [0, 0.05) is 71.8 Å². The van der Waals surface area contributed by atoms with Crippen LogP contribution in [0.5, 0.6) is 11.5 Å². The number of anilines is 1. The van der Waals surface area contributed by atoms with E-state index in [1.54, 1.807) is 74.8 Å².